The Hall–Kier alpha value is -1.85. The quantitative estimate of drug-likeness (QED) is 0.900. The summed E-state index contributed by atoms with van der Waals surface area (Å²) in [5.74, 6) is 0.763. The molecule has 1 saturated heterocycles. The summed E-state index contributed by atoms with van der Waals surface area (Å²) >= 11 is 0. The third-order valence-corrected chi connectivity index (χ3v) is 3.45. The molecule has 1 aromatic rings. The van der Waals surface area contributed by atoms with Crippen LogP contribution >= 0.6 is 0 Å². The molecule has 1 aliphatic heterocycles. The van der Waals surface area contributed by atoms with Crippen LogP contribution in [0.1, 0.15) is 38.6 Å². The molecular weight excluding hydrogens is 258 g/mol. The van der Waals surface area contributed by atoms with Crippen LogP contribution in [0.5, 0.6) is 0 Å². The van der Waals surface area contributed by atoms with Crippen molar-refractivity contribution >= 4 is 11.8 Å². The molecule has 1 fully saturated rings. The smallest absolute Gasteiger partial charge is 0.246 e. The maximum absolute atomic E-state index is 12.5. The third-order valence-electron chi connectivity index (χ3n) is 3.45. The molecule has 1 aliphatic rings. The molecule has 20 heavy (non-hydrogen) atoms. The molecule has 0 bridgehead atoms. The van der Waals surface area contributed by atoms with Crippen molar-refractivity contribution in [2.75, 3.05) is 0 Å². The zero-order valence-corrected chi connectivity index (χ0v) is 12.3. The molecule has 2 atom stereocenters. The Balaban J connectivity index is 2.15. The lowest BCUT2D eigenvalue weighted by Crippen LogP contribution is -2.62. The minimum atomic E-state index is -0.490. The van der Waals surface area contributed by atoms with Gasteiger partial charge in [-0.2, -0.15) is 0 Å². The molecule has 0 saturated carbocycles. The number of rotatable bonds is 4. The van der Waals surface area contributed by atoms with Crippen LogP contribution in [0.25, 0.3) is 0 Å². The number of piperazine rings is 1. The molecule has 1 N–H and O–H groups in total. The van der Waals surface area contributed by atoms with Crippen LogP contribution in [0.3, 0.4) is 0 Å². The number of hydrogen-bond acceptors (Lipinski definition) is 4. The number of amides is 2. The highest BCUT2D eigenvalue weighted by molar-refractivity contribution is 5.96. The Morgan fingerprint density at radius 3 is 2.70 bits per heavy atom. The van der Waals surface area contributed by atoms with Gasteiger partial charge >= 0.3 is 0 Å². The second kappa shape index (κ2) is 5.64. The lowest BCUT2D eigenvalue weighted by Gasteiger charge is -2.37. The minimum absolute atomic E-state index is 0.0557. The molecule has 6 heteroatoms. The highest BCUT2D eigenvalue weighted by Crippen LogP contribution is 2.18. The third kappa shape index (κ3) is 3.00. The number of nitrogens with one attached hydrogen (secondary N) is 1. The summed E-state index contributed by atoms with van der Waals surface area (Å²) in [6.07, 6.45) is 0.642. The van der Waals surface area contributed by atoms with E-state index in [1.807, 2.05) is 20.8 Å². The molecule has 0 spiro atoms. The van der Waals surface area contributed by atoms with E-state index in [0.717, 1.165) is 5.69 Å². The van der Waals surface area contributed by atoms with Crippen LogP contribution in [-0.4, -0.2) is 34.0 Å². The average Bonchev–Trinajstić information content (AvgIpc) is 2.77. The van der Waals surface area contributed by atoms with Crippen LogP contribution in [0.2, 0.25) is 0 Å². The molecule has 2 heterocycles. The van der Waals surface area contributed by atoms with Gasteiger partial charge in [-0.15, -0.1) is 0 Å². The highest BCUT2D eigenvalue weighted by atomic mass is 16.5. The molecule has 110 valence electrons. The monoisotopic (exact) mass is 279 g/mol. The Labute approximate surface area is 118 Å². The highest BCUT2D eigenvalue weighted by Gasteiger charge is 2.38. The predicted octanol–water partition coefficient (Wildman–Crippen LogP) is 1.24. The first-order chi connectivity index (χ1) is 9.38. The molecule has 2 rings (SSSR count). The van der Waals surface area contributed by atoms with Gasteiger partial charge in [-0.3, -0.25) is 9.59 Å². The van der Waals surface area contributed by atoms with Crippen molar-refractivity contribution in [2.24, 2.45) is 5.92 Å². The summed E-state index contributed by atoms with van der Waals surface area (Å²) < 4.78 is 5.14. The van der Waals surface area contributed by atoms with Crippen LogP contribution in [-0.2, 0) is 16.1 Å². The Morgan fingerprint density at radius 2 is 2.15 bits per heavy atom. The predicted molar refractivity (Wildman–Crippen MR) is 72.6 cm³/mol. The molecule has 0 aliphatic carbocycles. The van der Waals surface area contributed by atoms with Gasteiger partial charge in [0.1, 0.15) is 12.1 Å². The van der Waals surface area contributed by atoms with Gasteiger partial charge in [0.25, 0.3) is 0 Å². The summed E-state index contributed by atoms with van der Waals surface area (Å²) in [6.45, 7) is 7.89. The number of hydrogen-bond donors (Lipinski definition) is 1. The summed E-state index contributed by atoms with van der Waals surface area (Å²) in [5, 5.41) is 6.60. The van der Waals surface area contributed by atoms with Crippen molar-refractivity contribution in [1.29, 1.82) is 0 Å². The van der Waals surface area contributed by atoms with Crippen LogP contribution in [0.4, 0.5) is 0 Å². The van der Waals surface area contributed by atoms with E-state index in [0.29, 0.717) is 18.1 Å². The van der Waals surface area contributed by atoms with Gasteiger partial charge in [-0.25, -0.2) is 0 Å². The molecule has 2 unspecified atom stereocenters. The SMILES string of the molecule is Cc1cc(CN2C(=O)C(CC(C)C)NC(=O)C2C)on1. The molecular formula is C14H21N3O3. The standard InChI is InChI=1S/C14H21N3O3/c1-8(2)5-12-14(19)17(10(4)13(18)15-12)7-11-6-9(3)16-20-11/h6,8,10,12H,5,7H2,1-4H3,(H,15,18). The van der Waals surface area contributed by atoms with Crippen molar-refractivity contribution < 1.29 is 14.1 Å². The topological polar surface area (TPSA) is 75.4 Å². The van der Waals surface area contributed by atoms with E-state index in [1.165, 1.54) is 0 Å². The van der Waals surface area contributed by atoms with Gasteiger partial charge in [0, 0.05) is 6.07 Å². The summed E-state index contributed by atoms with van der Waals surface area (Å²) in [7, 11) is 0. The normalized spacial score (nSPS) is 23.4. The largest absolute Gasteiger partial charge is 0.359 e. The second-order valence-electron chi connectivity index (χ2n) is 5.77. The maximum Gasteiger partial charge on any atom is 0.246 e. The summed E-state index contributed by atoms with van der Waals surface area (Å²) in [5.41, 5.74) is 0.764. The zero-order valence-electron chi connectivity index (χ0n) is 12.3. The van der Waals surface area contributed by atoms with Crippen molar-refractivity contribution in [1.82, 2.24) is 15.4 Å². The molecule has 0 radical (unpaired) electrons. The van der Waals surface area contributed by atoms with Crippen LogP contribution in [0, 0.1) is 12.8 Å². The van der Waals surface area contributed by atoms with E-state index in [-0.39, 0.29) is 18.4 Å². The minimum Gasteiger partial charge on any atom is -0.359 e. The first kappa shape index (κ1) is 14.6. The fourth-order valence-corrected chi connectivity index (χ4v) is 2.39. The number of aryl methyl sites for hydroxylation is 1. The van der Waals surface area contributed by atoms with E-state index < -0.39 is 12.1 Å². The van der Waals surface area contributed by atoms with E-state index in [4.69, 9.17) is 4.52 Å². The van der Waals surface area contributed by atoms with E-state index in [1.54, 1.807) is 17.9 Å². The van der Waals surface area contributed by atoms with Crippen molar-refractivity contribution in [3.05, 3.63) is 17.5 Å². The van der Waals surface area contributed by atoms with Gasteiger partial charge in [0.15, 0.2) is 5.76 Å². The van der Waals surface area contributed by atoms with E-state index in [9.17, 15) is 9.59 Å². The van der Waals surface area contributed by atoms with Gasteiger partial charge in [-0.1, -0.05) is 19.0 Å². The summed E-state index contributed by atoms with van der Waals surface area (Å²) in [6, 6.07) is 0.850. The Bertz CT molecular complexity index is 510. The molecule has 2 amide bonds. The number of carbonyl (C=O) groups excluding carboxylic acids is 2. The lowest BCUT2D eigenvalue weighted by molar-refractivity contribution is -0.150. The van der Waals surface area contributed by atoms with E-state index in [2.05, 4.69) is 10.5 Å². The van der Waals surface area contributed by atoms with Gasteiger partial charge in [0.05, 0.1) is 12.2 Å². The molecule has 6 nitrogen and oxygen atoms in total. The Kier molecular flexibility index (Phi) is 4.11. The average molecular weight is 279 g/mol. The van der Waals surface area contributed by atoms with Gasteiger partial charge in [0.2, 0.25) is 11.8 Å². The van der Waals surface area contributed by atoms with Crippen molar-refractivity contribution in [3.8, 4) is 0 Å². The molecule has 0 aromatic carbocycles. The maximum atomic E-state index is 12.5. The van der Waals surface area contributed by atoms with Crippen LogP contribution < -0.4 is 5.32 Å². The fraction of sp³-hybridized carbons (Fsp3) is 0.643. The first-order valence-electron chi connectivity index (χ1n) is 6.91. The zero-order chi connectivity index (χ0) is 14.9. The lowest BCUT2D eigenvalue weighted by atomic mass is 9.99. The van der Waals surface area contributed by atoms with Crippen LogP contribution in [0.15, 0.2) is 10.6 Å². The van der Waals surface area contributed by atoms with Gasteiger partial charge in [-0.05, 0) is 26.2 Å². The Morgan fingerprint density at radius 1 is 1.45 bits per heavy atom. The second-order valence-corrected chi connectivity index (χ2v) is 5.77. The van der Waals surface area contributed by atoms with Gasteiger partial charge < -0.3 is 14.7 Å². The number of carbonyl (C=O) groups is 2. The van der Waals surface area contributed by atoms with E-state index >= 15 is 0 Å². The molecule has 1 aromatic heterocycles. The fourth-order valence-electron chi connectivity index (χ4n) is 2.39. The number of nitrogens with zero attached hydrogens (tertiary/aromatic N) is 2. The number of aromatic nitrogens is 1. The van der Waals surface area contributed by atoms with Crippen molar-refractivity contribution in [2.45, 2.75) is 52.7 Å². The first-order valence-corrected chi connectivity index (χ1v) is 6.91. The summed E-state index contributed by atoms with van der Waals surface area (Å²) in [4.78, 5) is 26.0. The van der Waals surface area contributed by atoms with Crippen molar-refractivity contribution in [3.63, 3.8) is 0 Å².